The molecule has 0 saturated carbocycles. The van der Waals surface area contributed by atoms with Crippen LogP contribution in [0.4, 0.5) is 24.7 Å². The number of carbonyl (C=O) groups excluding carboxylic acids is 1. The second kappa shape index (κ2) is 8.55. The van der Waals surface area contributed by atoms with Gasteiger partial charge in [-0.2, -0.15) is 18.3 Å². The normalized spacial score (nSPS) is 17.9. The number of amides is 1. The van der Waals surface area contributed by atoms with Gasteiger partial charge in [0, 0.05) is 11.4 Å². The summed E-state index contributed by atoms with van der Waals surface area (Å²) in [6.45, 7) is 0. The summed E-state index contributed by atoms with van der Waals surface area (Å²) in [4.78, 5) is 12.9. The van der Waals surface area contributed by atoms with E-state index in [0.29, 0.717) is 16.3 Å². The fraction of sp³-hybridized carbons (Fsp3) is 0.238. The molecule has 0 unspecified atom stereocenters. The number of nitrogens with one attached hydrogen (secondary N) is 2. The number of benzene rings is 2. The van der Waals surface area contributed by atoms with E-state index in [1.54, 1.807) is 42.5 Å². The minimum atomic E-state index is -4.59. The van der Waals surface area contributed by atoms with Crippen LogP contribution in [0.5, 0.6) is 5.75 Å². The van der Waals surface area contributed by atoms with Gasteiger partial charge in [0.1, 0.15) is 16.6 Å². The Balaban J connectivity index is 1.71. The third-order valence-electron chi connectivity index (χ3n) is 5.12. The van der Waals surface area contributed by atoms with Gasteiger partial charge in [-0.05, 0) is 23.8 Å². The van der Waals surface area contributed by atoms with Gasteiger partial charge in [-0.25, -0.2) is 4.68 Å². The molecular weight excluding hydrogens is 468 g/mol. The highest BCUT2D eigenvalue weighted by Gasteiger charge is 2.47. The first-order valence-corrected chi connectivity index (χ1v) is 10.3. The van der Waals surface area contributed by atoms with Crippen LogP contribution in [0.2, 0.25) is 10.0 Å². The number of fused-ring (bicyclic) bond motifs is 1. The molecule has 2 atom stereocenters. The van der Waals surface area contributed by atoms with Crippen molar-refractivity contribution in [3.8, 4) is 5.75 Å². The lowest BCUT2D eigenvalue weighted by Gasteiger charge is -2.33. The van der Waals surface area contributed by atoms with Gasteiger partial charge in [0.25, 0.3) is 5.91 Å². The lowest BCUT2D eigenvalue weighted by Crippen LogP contribution is -2.35. The zero-order valence-electron chi connectivity index (χ0n) is 16.6. The van der Waals surface area contributed by atoms with Gasteiger partial charge in [-0.1, -0.05) is 53.5 Å². The van der Waals surface area contributed by atoms with Gasteiger partial charge in [0.05, 0.1) is 18.8 Å². The molecule has 1 aliphatic rings. The number of methoxy groups -OCH3 is 1. The van der Waals surface area contributed by atoms with Crippen LogP contribution < -0.4 is 15.4 Å². The Bertz CT molecular complexity index is 1150. The van der Waals surface area contributed by atoms with Crippen molar-refractivity contribution in [3.05, 3.63) is 69.8 Å². The molecular formula is C21H17Cl2F3N4O2. The molecule has 2 heterocycles. The Kier molecular flexibility index (Phi) is 5.96. The highest BCUT2D eigenvalue weighted by Crippen LogP contribution is 2.46. The van der Waals surface area contributed by atoms with Gasteiger partial charge < -0.3 is 15.4 Å². The van der Waals surface area contributed by atoms with E-state index in [-0.39, 0.29) is 28.6 Å². The number of ether oxygens (including phenoxy) is 1. The summed E-state index contributed by atoms with van der Waals surface area (Å²) in [5.41, 5.74) is 0.550. The number of anilines is 2. The maximum atomic E-state index is 13.9. The molecule has 0 aliphatic carbocycles. The van der Waals surface area contributed by atoms with Crippen LogP contribution in [-0.2, 0) is 0 Å². The molecule has 6 nitrogen and oxygen atoms in total. The highest BCUT2D eigenvalue weighted by molar-refractivity contribution is 6.36. The fourth-order valence-corrected chi connectivity index (χ4v) is 4.03. The number of hydrogen-bond donors (Lipinski definition) is 2. The molecule has 0 bridgehead atoms. The fourth-order valence-electron chi connectivity index (χ4n) is 3.60. The van der Waals surface area contributed by atoms with Crippen molar-refractivity contribution in [2.75, 3.05) is 17.7 Å². The molecule has 0 fully saturated rings. The highest BCUT2D eigenvalue weighted by atomic mass is 35.5. The first-order chi connectivity index (χ1) is 15.2. The van der Waals surface area contributed by atoms with E-state index in [2.05, 4.69) is 15.7 Å². The van der Waals surface area contributed by atoms with Crippen LogP contribution in [0.1, 0.15) is 34.6 Å². The number of carbonyl (C=O) groups is 1. The predicted molar refractivity (Wildman–Crippen MR) is 116 cm³/mol. The van der Waals surface area contributed by atoms with Crippen LogP contribution >= 0.6 is 23.2 Å². The minimum absolute atomic E-state index is 0.0719. The maximum absolute atomic E-state index is 13.9. The molecule has 0 saturated heterocycles. The Morgan fingerprint density at radius 2 is 1.94 bits per heavy atom. The number of halogens is 5. The summed E-state index contributed by atoms with van der Waals surface area (Å²) in [6, 6.07) is 10.7. The molecule has 11 heteroatoms. The van der Waals surface area contributed by atoms with Gasteiger partial charge in [-0.3, -0.25) is 4.79 Å². The third-order valence-corrected chi connectivity index (χ3v) is 5.72. The summed E-state index contributed by atoms with van der Waals surface area (Å²) < 4.78 is 47.5. The average Bonchev–Trinajstić information content (AvgIpc) is 3.10. The van der Waals surface area contributed by atoms with Crippen molar-refractivity contribution >= 4 is 40.6 Å². The molecule has 2 N–H and O–H groups in total. The molecule has 4 rings (SSSR count). The largest absolute Gasteiger partial charge is 0.495 e. The minimum Gasteiger partial charge on any atom is -0.495 e. The van der Waals surface area contributed by atoms with Crippen LogP contribution in [0.25, 0.3) is 0 Å². The molecule has 0 spiro atoms. The standard InChI is InChI=1S/C21H17Cl2F3N4O2/c1-32-15-8-7-12(22)9-14(15)28-20(31)18-17(23)19-27-13(11-5-3-2-4-6-11)10-16(21(24,25)26)30(19)29-18/h2-9,13,16,27H,10H2,1H3,(H,28,31)/t13-,16+/m0/s1. The van der Waals surface area contributed by atoms with Crippen LogP contribution in [-0.4, -0.2) is 29.0 Å². The number of aromatic nitrogens is 2. The van der Waals surface area contributed by atoms with E-state index in [1.807, 2.05) is 0 Å². The number of rotatable bonds is 4. The van der Waals surface area contributed by atoms with Crippen molar-refractivity contribution in [1.29, 1.82) is 0 Å². The SMILES string of the molecule is COc1ccc(Cl)cc1NC(=O)c1nn2c(c1Cl)N[C@H](c1ccccc1)C[C@@H]2C(F)(F)F. The van der Waals surface area contributed by atoms with E-state index in [9.17, 15) is 18.0 Å². The van der Waals surface area contributed by atoms with Crippen molar-refractivity contribution in [1.82, 2.24) is 9.78 Å². The molecule has 32 heavy (non-hydrogen) atoms. The first-order valence-electron chi connectivity index (χ1n) is 9.50. The predicted octanol–water partition coefficient (Wildman–Crippen LogP) is 6.11. The zero-order valence-corrected chi connectivity index (χ0v) is 18.1. The summed E-state index contributed by atoms with van der Waals surface area (Å²) in [5, 5.41) is 9.59. The quantitative estimate of drug-likeness (QED) is 0.468. The number of alkyl halides is 3. The molecule has 2 aromatic carbocycles. The van der Waals surface area contributed by atoms with Crippen molar-refractivity contribution < 1.29 is 22.7 Å². The topological polar surface area (TPSA) is 68.2 Å². The Labute approximate surface area is 191 Å². The molecule has 1 aromatic heterocycles. The first kappa shape index (κ1) is 22.3. The zero-order chi connectivity index (χ0) is 23.0. The van der Waals surface area contributed by atoms with Crippen LogP contribution in [0.3, 0.4) is 0 Å². The van der Waals surface area contributed by atoms with E-state index >= 15 is 0 Å². The van der Waals surface area contributed by atoms with Crippen molar-refractivity contribution in [2.45, 2.75) is 24.7 Å². The smallest absolute Gasteiger partial charge is 0.410 e. The van der Waals surface area contributed by atoms with Crippen molar-refractivity contribution in [2.24, 2.45) is 0 Å². The second-order valence-electron chi connectivity index (χ2n) is 7.16. The molecule has 1 aliphatic heterocycles. The Morgan fingerprint density at radius 1 is 1.22 bits per heavy atom. The number of nitrogens with zero attached hydrogens (tertiary/aromatic N) is 2. The van der Waals surface area contributed by atoms with E-state index in [4.69, 9.17) is 27.9 Å². The van der Waals surface area contributed by atoms with Crippen molar-refractivity contribution in [3.63, 3.8) is 0 Å². The Morgan fingerprint density at radius 3 is 2.59 bits per heavy atom. The molecule has 3 aromatic rings. The summed E-state index contributed by atoms with van der Waals surface area (Å²) in [7, 11) is 1.41. The summed E-state index contributed by atoms with van der Waals surface area (Å²) in [6.07, 6.45) is -4.90. The van der Waals surface area contributed by atoms with E-state index in [1.165, 1.54) is 13.2 Å². The molecule has 0 radical (unpaired) electrons. The van der Waals surface area contributed by atoms with E-state index < -0.39 is 24.2 Å². The monoisotopic (exact) mass is 484 g/mol. The summed E-state index contributed by atoms with van der Waals surface area (Å²) in [5.74, 6) is -0.549. The second-order valence-corrected chi connectivity index (χ2v) is 7.97. The Hall–Kier alpha value is -2.91. The average molecular weight is 485 g/mol. The lowest BCUT2D eigenvalue weighted by atomic mass is 9.97. The van der Waals surface area contributed by atoms with Crippen LogP contribution in [0, 0.1) is 0 Å². The van der Waals surface area contributed by atoms with Crippen LogP contribution in [0.15, 0.2) is 48.5 Å². The number of hydrogen-bond acceptors (Lipinski definition) is 4. The molecule has 168 valence electrons. The van der Waals surface area contributed by atoms with E-state index in [0.717, 1.165) is 4.68 Å². The maximum Gasteiger partial charge on any atom is 0.410 e. The lowest BCUT2D eigenvalue weighted by molar-refractivity contribution is -0.173. The van der Waals surface area contributed by atoms with Gasteiger partial charge in [0.15, 0.2) is 11.7 Å². The summed E-state index contributed by atoms with van der Waals surface area (Å²) >= 11 is 12.3. The van der Waals surface area contributed by atoms with Gasteiger partial charge in [0.2, 0.25) is 0 Å². The van der Waals surface area contributed by atoms with Gasteiger partial charge >= 0.3 is 6.18 Å². The molecule has 1 amide bonds. The van der Waals surface area contributed by atoms with Gasteiger partial charge in [-0.15, -0.1) is 0 Å². The third kappa shape index (κ3) is 4.22.